The van der Waals surface area contributed by atoms with Gasteiger partial charge in [-0.1, -0.05) is 31.2 Å². The van der Waals surface area contributed by atoms with Gasteiger partial charge >= 0.3 is 0 Å². The van der Waals surface area contributed by atoms with Crippen molar-refractivity contribution < 1.29 is 17.9 Å². The molecule has 2 fully saturated rings. The molecule has 4 rings (SSSR count). The van der Waals surface area contributed by atoms with Crippen LogP contribution in [0.25, 0.3) is 0 Å². The van der Waals surface area contributed by atoms with E-state index in [2.05, 4.69) is 16.9 Å². The fourth-order valence-electron chi connectivity index (χ4n) is 4.15. The molecule has 0 aliphatic carbocycles. The predicted molar refractivity (Wildman–Crippen MR) is 105 cm³/mol. The van der Waals surface area contributed by atoms with Crippen LogP contribution in [0.4, 0.5) is 19.0 Å². The second-order valence-electron chi connectivity index (χ2n) is 8.62. The molecule has 156 valence electrons. The van der Waals surface area contributed by atoms with E-state index >= 15 is 4.39 Å². The molecule has 29 heavy (non-hydrogen) atoms. The molecule has 0 bridgehead atoms. The maximum atomic E-state index is 15.2. The number of ether oxygens (including phenoxy) is 1. The number of nitrogens with zero attached hydrogens (tertiary/aromatic N) is 3. The van der Waals surface area contributed by atoms with Crippen LogP contribution in [0.1, 0.15) is 56.0 Å². The first-order chi connectivity index (χ1) is 13.8. The third-order valence-corrected chi connectivity index (χ3v) is 6.04. The summed E-state index contributed by atoms with van der Waals surface area (Å²) in [7, 11) is 0. The van der Waals surface area contributed by atoms with Gasteiger partial charge in [0.2, 0.25) is 0 Å². The van der Waals surface area contributed by atoms with Gasteiger partial charge in [-0.05, 0) is 31.2 Å². The number of rotatable bonds is 6. The van der Waals surface area contributed by atoms with Crippen molar-refractivity contribution >= 4 is 5.82 Å². The molecule has 1 atom stereocenters. The standard InChI is InChI=1S/C22H26F3N3O/c1-21(12-29-13-21)10-9-17-19(23)20(27-14-26-17)28-11-3-4-18(28)15-5-7-16(8-6-15)22(2,24)25/h5-8,14,18H,3-4,9-13H2,1-2H3. The number of aryl methyl sites for hydroxylation is 1. The van der Waals surface area contributed by atoms with Gasteiger partial charge in [0.15, 0.2) is 11.6 Å². The molecule has 2 aromatic rings. The van der Waals surface area contributed by atoms with Crippen LogP contribution >= 0.6 is 0 Å². The molecule has 1 unspecified atom stereocenters. The molecule has 3 heterocycles. The van der Waals surface area contributed by atoms with Gasteiger partial charge in [0.1, 0.15) is 6.33 Å². The molecule has 0 saturated carbocycles. The van der Waals surface area contributed by atoms with Crippen LogP contribution in [0.15, 0.2) is 30.6 Å². The summed E-state index contributed by atoms with van der Waals surface area (Å²) in [4.78, 5) is 10.3. The summed E-state index contributed by atoms with van der Waals surface area (Å²) in [6.07, 6.45) is 4.50. The first-order valence-corrected chi connectivity index (χ1v) is 10.1. The Hall–Kier alpha value is -2.15. The predicted octanol–water partition coefficient (Wildman–Crippen LogP) is 5.04. The number of aromatic nitrogens is 2. The molecular weight excluding hydrogens is 379 g/mol. The molecule has 2 aliphatic heterocycles. The molecule has 1 aromatic heterocycles. The Kier molecular flexibility index (Phi) is 5.27. The molecule has 1 aromatic carbocycles. The van der Waals surface area contributed by atoms with Crippen LogP contribution in [-0.2, 0) is 17.1 Å². The van der Waals surface area contributed by atoms with Gasteiger partial charge in [-0.15, -0.1) is 0 Å². The number of alkyl halides is 2. The van der Waals surface area contributed by atoms with E-state index in [4.69, 9.17) is 4.74 Å². The highest BCUT2D eigenvalue weighted by atomic mass is 19.3. The average molecular weight is 405 g/mol. The summed E-state index contributed by atoms with van der Waals surface area (Å²) < 4.78 is 47.5. The Morgan fingerprint density at radius 3 is 2.55 bits per heavy atom. The molecule has 0 spiro atoms. The Bertz CT molecular complexity index is 863. The number of anilines is 1. The lowest BCUT2D eigenvalue weighted by molar-refractivity contribution is -0.105. The van der Waals surface area contributed by atoms with E-state index in [0.717, 1.165) is 31.7 Å². The molecule has 7 heteroatoms. The van der Waals surface area contributed by atoms with E-state index in [9.17, 15) is 8.78 Å². The molecule has 0 radical (unpaired) electrons. The van der Waals surface area contributed by atoms with Crippen LogP contribution in [0.5, 0.6) is 0 Å². The highest BCUT2D eigenvalue weighted by molar-refractivity contribution is 5.46. The van der Waals surface area contributed by atoms with Gasteiger partial charge in [-0.25, -0.2) is 23.1 Å². The van der Waals surface area contributed by atoms with E-state index < -0.39 is 5.92 Å². The van der Waals surface area contributed by atoms with Crippen molar-refractivity contribution in [3.63, 3.8) is 0 Å². The first-order valence-electron chi connectivity index (χ1n) is 10.1. The third kappa shape index (κ3) is 4.10. The van der Waals surface area contributed by atoms with E-state index in [1.807, 2.05) is 4.90 Å². The van der Waals surface area contributed by atoms with Gasteiger partial charge in [0.25, 0.3) is 5.92 Å². The minimum absolute atomic E-state index is 0.0187. The second kappa shape index (κ2) is 7.59. The minimum Gasteiger partial charge on any atom is -0.380 e. The van der Waals surface area contributed by atoms with E-state index in [0.29, 0.717) is 37.7 Å². The fraction of sp³-hybridized carbons (Fsp3) is 0.545. The first kappa shape index (κ1) is 20.1. The van der Waals surface area contributed by atoms with E-state index in [1.165, 1.54) is 18.5 Å². The van der Waals surface area contributed by atoms with Crippen molar-refractivity contribution in [2.75, 3.05) is 24.7 Å². The molecule has 4 nitrogen and oxygen atoms in total. The Balaban J connectivity index is 1.54. The number of hydrogen-bond donors (Lipinski definition) is 0. The molecule has 2 aliphatic rings. The molecule has 2 saturated heterocycles. The largest absolute Gasteiger partial charge is 0.380 e. The fourth-order valence-corrected chi connectivity index (χ4v) is 4.15. The number of halogens is 3. The van der Waals surface area contributed by atoms with Gasteiger partial charge in [0.05, 0.1) is 24.9 Å². The topological polar surface area (TPSA) is 38.2 Å². The zero-order valence-corrected chi connectivity index (χ0v) is 16.8. The van der Waals surface area contributed by atoms with Crippen LogP contribution in [-0.4, -0.2) is 29.7 Å². The van der Waals surface area contributed by atoms with Crippen LogP contribution in [0.3, 0.4) is 0 Å². The lowest BCUT2D eigenvalue weighted by atomic mass is 9.83. The maximum Gasteiger partial charge on any atom is 0.270 e. The lowest BCUT2D eigenvalue weighted by Gasteiger charge is -2.38. The summed E-state index contributed by atoms with van der Waals surface area (Å²) >= 11 is 0. The summed E-state index contributed by atoms with van der Waals surface area (Å²) in [5.41, 5.74) is 1.40. The van der Waals surface area contributed by atoms with Gasteiger partial charge in [-0.3, -0.25) is 0 Å². The van der Waals surface area contributed by atoms with Gasteiger partial charge in [-0.2, -0.15) is 0 Å². The SMILES string of the molecule is CC1(CCc2ncnc(N3CCCC3c3ccc(C(C)(F)F)cc3)c2F)COC1. The van der Waals surface area contributed by atoms with Crippen LogP contribution in [0, 0.1) is 11.2 Å². The Labute approximate surface area is 169 Å². The average Bonchev–Trinajstić information content (AvgIpc) is 3.14. The smallest absolute Gasteiger partial charge is 0.270 e. The van der Waals surface area contributed by atoms with E-state index in [1.54, 1.807) is 12.1 Å². The van der Waals surface area contributed by atoms with E-state index in [-0.39, 0.29) is 22.8 Å². The molecular formula is C22H26F3N3O. The van der Waals surface area contributed by atoms with Crippen molar-refractivity contribution in [1.29, 1.82) is 0 Å². The van der Waals surface area contributed by atoms with Crippen molar-refractivity contribution in [3.05, 3.63) is 53.2 Å². The third-order valence-electron chi connectivity index (χ3n) is 6.04. The van der Waals surface area contributed by atoms with Gasteiger partial charge < -0.3 is 9.64 Å². The van der Waals surface area contributed by atoms with Crippen molar-refractivity contribution in [1.82, 2.24) is 9.97 Å². The molecule has 0 amide bonds. The number of benzene rings is 1. The van der Waals surface area contributed by atoms with Crippen LogP contribution in [0.2, 0.25) is 0 Å². The zero-order chi connectivity index (χ0) is 20.6. The minimum atomic E-state index is -2.87. The monoisotopic (exact) mass is 405 g/mol. The normalized spacial score (nSPS) is 21.3. The maximum absolute atomic E-state index is 15.2. The lowest BCUT2D eigenvalue weighted by Crippen LogP contribution is -2.40. The van der Waals surface area contributed by atoms with Crippen LogP contribution < -0.4 is 4.90 Å². The Morgan fingerprint density at radius 1 is 1.21 bits per heavy atom. The summed E-state index contributed by atoms with van der Waals surface area (Å²) in [5, 5.41) is 0. The Morgan fingerprint density at radius 2 is 1.93 bits per heavy atom. The zero-order valence-electron chi connectivity index (χ0n) is 16.8. The highest BCUT2D eigenvalue weighted by Crippen LogP contribution is 2.38. The highest BCUT2D eigenvalue weighted by Gasteiger charge is 2.34. The van der Waals surface area contributed by atoms with Crippen molar-refractivity contribution in [3.8, 4) is 0 Å². The van der Waals surface area contributed by atoms with Gasteiger partial charge in [0, 0.05) is 24.4 Å². The molecule has 0 N–H and O–H groups in total. The van der Waals surface area contributed by atoms with Crippen molar-refractivity contribution in [2.45, 2.75) is 51.5 Å². The quantitative estimate of drug-likeness (QED) is 0.675. The van der Waals surface area contributed by atoms with Crippen molar-refractivity contribution in [2.24, 2.45) is 5.41 Å². The number of hydrogen-bond acceptors (Lipinski definition) is 4. The summed E-state index contributed by atoms with van der Waals surface area (Å²) in [5.74, 6) is -2.94. The second-order valence-corrected chi connectivity index (χ2v) is 8.62. The summed E-state index contributed by atoms with van der Waals surface area (Å²) in [6, 6.07) is 6.26. The summed E-state index contributed by atoms with van der Waals surface area (Å²) in [6.45, 7) is 5.10.